The first-order valence-electron chi connectivity index (χ1n) is 18.5. The molecule has 6 rings (SSSR count). The van der Waals surface area contributed by atoms with Crippen LogP contribution in [-0.2, 0) is 32.5 Å². The Kier molecular flexibility index (Phi) is 10.2. The van der Waals surface area contributed by atoms with Gasteiger partial charge in [-0.3, -0.25) is 10.1 Å². The van der Waals surface area contributed by atoms with Gasteiger partial charge >= 0.3 is 0 Å². The van der Waals surface area contributed by atoms with Gasteiger partial charge in [0.2, 0.25) is 0 Å². The molecule has 3 aromatic carbocycles. The Morgan fingerprint density at radius 2 is 0.816 bits per heavy atom. The van der Waals surface area contributed by atoms with E-state index in [4.69, 9.17) is 5.73 Å². The van der Waals surface area contributed by atoms with Gasteiger partial charge in [-0.2, -0.15) is 0 Å². The summed E-state index contributed by atoms with van der Waals surface area (Å²) in [4.78, 5) is 10.8. The zero-order valence-electron chi connectivity index (χ0n) is 33.6. The van der Waals surface area contributed by atoms with E-state index in [0.717, 1.165) is 29.7 Å². The fourth-order valence-electron chi connectivity index (χ4n) is 8.35. The lowest BCUT2D eigenvalue weighted by atomic mass is 9.63. The van der Waals surface area contributed by atoms with Crippen LogP contribution in [0.15, 0.2) is 42.5 Å². The lowest BCUT2D eigenvalue weighted by Gasteiger charge is -2.42. The van der Waals surface area contributed by atoms with Crippen molar-refractivity contribution in [2.45, 2.75) is 175 Å². The molecule has 3 aliphatic rings. The number of fused-ring (bicyclic) bond motifs is 3. The molecule has 0 heterocycles. The second-order valence-corrected chi connectivity index (χ2v) is 19.5. The quantitative estimate of drug-likeness (QED) is 0.160. The van der Waals surface area contributed by atoms with Crippen LogP contribution in [0.25, 0.3) is 0 Å². The molecule has 0 unspecified atom stereocenters. The molecular weight excluding hydrogens is 601 g/mol. The highest BCUT2D eigenvalue weighted by Crippen LogP contribution is 2.49. The molecule has 0 bridgehead atoms. The molecule has 0 saturated heterocycles. The first-order valence-corrected chi connectivity index (χ1v) is 18.5. The Bertz CT molecular complexity index is 1690. The van der Waals surface area contributed by atoms with Crippen molar-refractivity contribution in [1.82, 2.24) is 0 Å². The summed E-state index contributed by atoms with van der Waals surface area (Å²) in [6.07, 6.45) is 7.32. The Hall–Kier alpha value is -3.14. The molecule has 2 N–H and O–H groups in total. The Morgan fingerprint density at radius 3 is 1.22 bits per heavy atom. The number of nitrogen functional groups attached to an aromatic ring is 1. The van der Waals surface area contributed by atoms with Crippen molar-refractivity contribution in [3.8, 4) is 0 Å². The molecular formula is C45H66N2O2. The molecule has 0 saturated carbocycles. The summed E-state index contributed by atoms with van der Waals surface area (Å²) in [5, 5.41) is 11.1. The average molecular weight is 667 g/mol. The minimum atomic E-state index is -0.271. The Morgan fingerprint density at radius 1 is 0.490 bits per heavy atom. The SMILES string of the molecule is Cc1cc2c(cc1N)C(C)(C)CCC2(C)C.Cc1cc2c(cc1[N+](=O)[O-])C(C)(C)CCC2(C)C.Cc1ccc2c(c1)C(C)(C)CCC2(C)C. The third-order valence-corrected chi connectivity index (χ3v) is 12.6. The average Bonchev–Trinajstić information content (AvgIpc) is 2.98. The molecule has 0 aromatic heterocycles. The van der Waals surface area contributed by atoms with Gasteiger partial charge in [0.05, 0.1) is 4.92 Å². The van der Waals surface area contributed by atoms with Crippen LogP contribution in [0.4, 0.5) is 11.4 Å². The van der Waals surface area contributed by atoms with Crippen molar-refractivity contribution in [2.24, 2.45) is 0 Å². The molecule has 0 radical (unpaired) electrons. The standard InChI is InChI=1S/C15H21NO2.C15H23N.C15H22/c1-10-8-11-12(9-13(10)16(17)18)15(4,5)7-6-14(11,2)3;1-10-8-11-12(9-13(10)16)15(4,5)7-6-14(11,2)3;1-11-6-7-12-13(10-11)15(4,5)9-8-14(12,2)3/h8-9H,6-7H2,1-5H3;8-9H,6-7,16H2,1-5H3;6-7,10H,8-9H2,1-5H3. The van der Waals surface area contributed by atoms with E-state index >= 15 is 0 Å². The maximum atomic E-state index is 11.1. The van der Waals surface area contributed by atoms with Crippen LogP contribution in [0.2, 0.25) is 0 Å². The predicted octanol–water partition coefficient (Wildman–Crippen LogP) is 12.5. The second-order valence-electron chi connectivity index (χ2n) is 19.5. The number of nitro groups is 1. The van der Waals surface area contributed by atoms with Gasteiger partial charge in [-0.05, 0) is 143 Å². The molecule has 0 fully saturated rings. The number of nitrogens with zero attached hydrogens (tertiary/aromatic N) is 1. The van der Waals surface area contributed by atoms with Gasteiger partial charge in [-0.1, -0.05) is 113 Å². The van der Waals surface area contributed by atoms with E-state index < -0.39 is 0 Å². The van der Waals surface area contributed by atoms with Crippen molar-refractivity contribution >= 4 is 11.4 Å². The number of nitro benzene ring substituents is 1. The minimum Gasteiger partial charge on any atom is -0.399 e. The lowest BCUT2D eigenvalue weighted by molar-refractivity contribution is -0.385. The largest absolute Gasteiger partial charge is 0.399 e. The van der Waals surface area contributed by atoms with Gasteiger partial charge in [-0.25, -0.2) is 0 Å². The molecule has 4 heteroatoms. The topological polar surface area (TPSA) is 69.2 Å². The fourth-order valence-corrected chi connectivity index (χ4v) is 8.35. The fraction of sp³-hybridized carbons (Fsp3) is 0.600. The van der Waals surface area contributed by atoms with Gasteiger partial charge in [0.1, 0.15) is 0 Å². The summed E-state index contributed by atoms with van der Waals surface area (Å²) in [5.74, 6) is 0. The van der Waals surface area contributed by atoms with Gasteiger partial charge in [-0.15, -0.1) is 0 Å². The summed E-state index contributed by atoms with van der Waals surface area (Å²) in [7, 11) is 0. The third kappa shape index (κ3) is 7.79. The van der Waals surface area contributed by atoms with Crippen molar-refractivity contribution in [3.63, 3.8) is 0 Å². The molecule has 4 nitrogen and oxygen atoms in total. The van der Waals surface area contributed by atoms with Crippen LogP contribution in [-0.4, -0.2) is 4.92 Å². The van der Waals surface area contributed by atoms with Gasteiger partial charge in [0, 0.05) is 17.3 Å². The normalized spacial score (nSPS) is 21.3. The number of hydrogen-bond acceptors (Lipinski definition) is 3. The Balaban J connectivity index is 0.000000166. The Labute approximate surface area is 298 Å². The van der Waals surface area contributed by atoms with Crippen LogP contribution in [0.5, 0.6) is 0 Å². The summed E-state index contributed by atoms with van der Waals surface area (Å²) in [6.45, 7) is 33.8. The first kappa shape index (κ1) is 38.7. The third-order valence-electron chi connectivity index (χ3n) is 12.6. The first-order chi connectivity index (χ1) is 22.2. The maximum absolute atomic E-state index is 11.1. The van der Waals surface area contributed by atoms with Crippen LogP contribution in [0.3, 0.4) is 0 Å². The summed E-state index contributed by atoms with van der Waals surface area (Å²) in [6, 6.07) is 15.3. The number of aryl methyl sites for hydroxylation is 3. The van der Waals surface area contributed by atoms with Gasteiger partial charge in [0.25, 0.3) is 5.69 Å². The molecule has 0 spiro atoms. The van der Waals surface area contributed by atoms with Crippen LogP contribution in [0.1, 0.15) is 172 Å². The zero-order chi connectivity index (χ0) is 37.1. The number of rotatable bonds is 1. The van der Waals surface area contributed by atoms with E-state index in [1.165, 1.54) is 53.5 Å². The highest BCUT2D eigenvalue weighted by atomic mass is 16.6. The van der Waals surface area contributed by atoms with Crippen molar-refractivity contribution in [1.29, 1.82) is 0 Å². The summed E-state index contributed by atoms with van der Waals surface area (Å²) >= 11 is 0. The van der Waals surface area contributed by atoms with E-state index in [2.05, 4.69) is 127 Å². The van der Waals surface area contributed by atoms with Crippen molar-refractivity contribution in [3.05, 3.63) is 103 Å². The smallest absolute Gasteiger partial charge is 0.272 e. The maximum Gasteiger partial charge on any atom is 0.272 e. The highest BCUT2D eigenvalue weighted by Gasteiger charge is 2.40. The van der Waals surface area contributed by atoms with Crippen molar-refractivity contribution < 1.29 is 4.92 Å². The van der Waals surface area contributed by atoms with Gasteiger partial charge < -0.3 is 5.73 Å². The molecule has 0 aliphatic heterocycles. The lowest BCUT2D eigenvalue weighted by Crippen LogP contribution is -2.34. The van der Waals surface area contributed by atoms with Crippen LogP contribution >= 0.6 is 0 Å². The van der Waals surface area contributed by atoms with E-state index in [9.17, 15) is 10.1 Å². The number of anilines is 1. The minimum absolute atomic E-state index is 0.0311. The summed E-state index contributed by atoms with van der Waals surface area (Å²) in [5.41, 5.74) is 20.5. The van der Waals surface area contributed by atoms with E-state index in [1.807, 2.05) is 13.0 Å². The highest BCUT2D eigenvalue weighted by molar-refractivity contribution is 5.56. The molecule has 3 aromatic rings. The predicted molar refractivity (Wildman–Crippen MR) is 210 cm³/mol. The molecule has 0 amide bonds. The van der Waals surface area contributed by atoms with Gasteiger partial charge in [0.15, 0.2) is 0 Å². The van der Waals surface area contributed by atoms with E-state index in [1.54, 1.807) is 17.2 Å². The molecule has 3 aliphatic carbocycles. The number of benzene rings is 3. The zero-order valence-corrected chi connectivity index (χ0v) is 33.6. The molecule has 268 valence electrons. The van der Waals surface area contributed by atoms with Crippen LogP contribution < -0.4 is 5.73 Å². The number of hydrogen-bond donors (Lipinski definition) is 1. The van der Waals surface area contributed by atoms with Crippen LogP contribution in [0, 0.1) is 30.9 Å². The summed E-state index contributed by atoms with van der Waals surface area (Å²) < 4.78 is 0. The molecule has 0 atom stereocenters. The van der Waals surface area contributed by atoms with E-state index in [0.29, 0.717) is 16.2 Å². The second kappa shape index (κ2) is 12.9. The van der Waals surface area contributed by atoms with Crippen molar-refractivity contribution in [2.75, 3.05) is 5.73 Å². The molecule has 49 heavy (non-hydrogen) atoms. The number of nitrogens with two attached hydrogens (primary N) is 1. The van der Waals surface area contributed by atoms with E-state index in [-0.39, 0.29) is 26.9 Å². The monoisotopic (exact) mass is 667 g/mol.